The molecule has 1 rings (SSSR count). The molecule has 1 aliphatic rings. The maximum absolute atomic E-state index is 5.74. The molecule has 0 aliphatic heterocycles. The van der Waals surface area contributed by atoms with Crippen LogP contribution < -0.4 is 11.3 Å². The first-order chi connectivity index (χ1) is 7.51. The predicted molar refractivity (Wildman–Crippen MR) is 70.9 cm³/mol. The quantitative estimate of drug-likeness (QED) is 0.427. The van der Waals surface area contributed by atoms with Crippen molar-refractivity contribution < 1.29 is 0 Å². The smallest absolute Gasteiger partial charge is 0.0280 e. The summed E-state index contributed by atoms with van der Waals surface area (Å²) in [6, 6.07) is 0.405. The molecule has 1 aliphatic carbocycles. The Labute approximate surface area is 101 Å². The lowest BCUT2D eigenvalue weighted by Gasteiger charge is -2.43. The van der Waals surface area contributed by atoms with Crippen molar-refractivity contribution >= 4 is 0 Å². The van der Waals surface area contributed by atoms with Gasteiger partial charge in [0.1, 0.15) is 0 Å². The minimum absolute atomic E-state index is 0.405. The average Bonchev–Trinajstić information content (AvgIpc) is 2.25. The van der Waals surface area contributed by atoms with Crippen molar-refractivity contribution in [2.24, 2.45) is 17.2 Å². The van der Waals surface area contributed by atoms with Crippen LogP contribution in [0.1, 0.15) is 59.3 Å². The van der Waals surface area contributed by atoms with Crippen LogP contribution in [0.25, 0.3) is 0 Å². The predicted octanol–water partition coefficient (Wildman–Crippen LogP) is 3.39. The zero-order valence-corrected chi connectivity index (χ0v) is 11.2. The van der Waals surface area contributed by atoms with E-state index in [1.807, 2.05) is 0 Å². The van der Waals surface area contributed by atoms with E-state index in [0.717, 1.165) is 12.8 Å². The summed E-state index contributed by atoms with van der Waals surface area (Å²) < 4.78 is 0. The van der Waals surface area contributed by atoms with Crippen LogP contribution in [0.2, 0.25) is 0 Å². The van der Waals surface area contributed by atoms with Crippen LogP contribution in [0.15, 0.2) is 12.2 Å². The van der Waals surface area contributed by atoms with Gasteiger partial charge in [0.2, 0.25) is 0 Å². The molecule has 2 atom stereocenters. The molecule has 2 heteroatoms. The molecule has 0 heterocycles. The van der Waals surface area contributed by atoms with Gasteiger partial charge in [-0.1, -0.05) is 45.8 Å². The van der Waals surface area contributed by atoms with Crippen LogP contribution in [-0.4, -0.2) is 6.04 Å². The maximum atomic E-state index is 5.74. The highest BCUT2D eigenvalue weighted by molar-refractivity contribution is 5.00. The van der Waals surface area contributed by atoms with Crippen molar-refractivity contribution in [1.29, 1.82) is 0 Å². The SMILES string of the molecule is C=C(CC)CC(NN)C1CCCCC1(C)C. The molecular weight excluding hydrogens is 196 g/mol. The van der Waals surface area contributed by atoms with Gasteiger partial charge in [-0.05, 0) is 37.0 Å². The number of nitrogens with two attached hydrogens (primary N) is 1. The molecule has 1 saturated carbocycles. The lowest BCUT2D eigenvalue weighted by atomic mass is 9.65. The van der Waals surface area contributed by atoms with E-state index in [2.05, 4.69) is 32.8 Å². The molecule has 0 spiro atoms. The van der Waals surface area contributed by atoms with Crippen LogP contribution in [0.4, 0.5) is 0 Å². The molecule has 2 unspecified atom stereocenters. The topological polar surface area (TPSA) is 38.0 Å². The molecule has 3 N–H and O–H groups in total. The van der Waals surface area contributed by atoms with Crippen LogP contribution in [-0.2, 0) is 0 Å². The Morgan fingerprint density at radius 1 is 1.50 bits per heavy atom. The number of rotatable bonds is 5. The minimum Gasteiger partial charge on any atom is -0.271 e. The fraction of sp³-hybridized carbons (Fsp3) is 0.857. The van der Waals surface area contributed by atoms with Crippen molar-refractivity contribution in [1.82, 2.24) is 5.43 Å². The molecular formula is C14H28N2. The molecule has 0 aromatic rings. The molecule has 0 aromatic carbocycles. The Bertz CT molecular complexity index is 233. The monoisotopic (exact) mass is 224 g/mol. The van der Waals surface area contributed by atoms with E-state index in [4.69, 9.17) is 5.84 Å². The van der Waals surface area contributed by atoms with E-state index in [1.54, 1.807) is 0 Å². The fourth-order valence-electron chi connectivity index (χ4n) is 3.04. The Morgan fingerprint density at radius 3 is 2.69 bits per heavy atom. The molecule has 0 aromatic heterocycles. The first kappa shape index (κ1) is 13.7. The van der Waals surface area contributed by atoms with Gasteiger partial charge in [0.25, 0.3) is 0 Å². The standard InChI is InChI=1S/C14H28N2/c1-5-11(2)10-13(16-15)12-8-6-7-9-14(12,3)4/h12-13,16H,2,5-10,15H2,1,3-4H3. The molecule has 2 nitrogen and oxygen atoms in total. The van der Waals surface area contributed by atoms with Crippen molar-refractivity contribution in [2.75, 3.05) is 0 Å². The second-order valence-electron chi connectivity index (χ2n) is 5.92. The van der Waals surface area contributed by atoms with E-state index in [1.165, 1.54) is 31.3 Å². The lowest BCUT2D eigenvalue weighted by Crippen LogP contribution is -2.47. The largest absolute Gasteiger partial charge is 0.271 e. The summed E-state index contributed by atoms with van der Waals surface area (Å²) in [4.78, 5) is 0. The van der Waals surface area contributed by atoms with E-state index in [0.29, 0.717) is 17.4 Å². The van der Waals surface area contributed by atoms with Gasteiger partial charge in [-0.15, -0.1) is 0 Å². The molecule has 0 amide bonds. The summed E-state index contributed by atoms with van der Waals surface area (Å²) >= 11 is 0. The highest BCUT2D eigenvalue weighted by Gasteiger charge is 2.36. The van der Waals surface area contributed by atoms with Crippen molar-refractivity contribution in [3.63, 3.8) is 0 Å². The van der Waals surface area contributed by atoms with Crippen LogP contribution in [0.3, 0.4) is 0 Å². The fourth-order valence-corrected chi connectivity index (χ4v) is 3.04. The third kappa shape index (κ3) is 3.33. The number of nitrogens with one attached hydrogen (secondary N) is 1. The van der Waals surface area contributed by atoms with E-state index < -0.39 is 0 Å². The number of hydrogen-bond acceptors (Lipinski definition) is 2. The Morgan fingerprint density at radius 2 is 2.19 bits per heavy atom. The maximum Gasteiger partial charge on any atom is 0.0280 e. The highest BCUT2D eigenvalue weighted by Crippen LogP contribution is 2.43. The van der Waals surface area contributed by atoms with Gasteiger partial charge in [-0.25, -0.2) is 0 Å². The average molecular weight is 224 g/mol. The van der Waals surface area contributed by atoms with Gasteiger partial charge in [-0.2, -0.15) is 0 Å². The summed E-state index contributed by atoms with van der Waals surface area (Å²) in [6.07, 6.45) is 7.44. The summed E-state index contributed by atoms with van der Waals surface area (Å²) in [7, 11) is 0. The highest BCUT2D eigenvalue weighted by atomic mass is 15.2. The third-order valence-corrected chi connectivity index (χ3v) is 4.30. The van der Waals surface area contributed by atoms with Gasteiger partial charge in [0.05, 0.1) is 0 Å². The molecule has 0 saturated heterocycles. The normalized spacial score (nSPS) is 26.4. The van der Waals surface area contributed by atoms with E-state index >= 15 is 0 Å². The van der Waals surface area contributed by atoms with Crippen molar-refractivity contribution in [2.45, 2.75) is 65.3 Å². The summed E-state index contributed by atoms with van der Waals surface area (Å²) in [5.74, 6) is 6.43. The van der Waals surface area contributed by atoms with E-state index in [9.17, 15) is 0 Å². The first-order valence-corrected chi connectivity index (χ1v) is 6.64. The second-order valence-corrected chi connectivity index (χ2v) is 5.92. The Balaban J connectivity index is 2.66. The molecule has 0 radical (unpaired) electrons. The number of hydrogen-bond donors (Lipinski definition) is 2. The summed E-state index contributed by atoms with van der Waals surface area (Å²) in [6.45, 7) is 11.0. The van der Waals surface area contributed by atoms with Crippen LogP contribution >= 0.6 is 0 Å². The molecule has 94 valence electrons. The zero-order valence-electron chi connectivity index (χ0n) is 11.2. The summed E-state index contributed by atoms with van der Waals surface area (Å²) in [5, 5.41) is 0. The lowest BCUT2D eigenvalue weighted by molar-refractivity contribution is 0.0979. The first-order valence-electron chi connectivity index (χ1n) is 6.64. The van der Waals surface area contributed by atoms with Crippen molar-refractivity contribution in [3.05, 3.63) is 12.2 Å². The van der Waals surface area contributed by atoms with Gasteiger partial charge in [-0.3, -0.25) is 11.3 Å². The van der Waals surface area contributed by atoms with Gasteiger partial charge >= 0.3 is 0 Å². The van der Waals surface area contributed by atoms with Crippen LogP contribution in [0.5, 0.6) is 0 Å². The zero-order chi connectivity index (χ0) is 12.2. The third-order valence-electron chi connectivity index (χ3n) is 4.30. The van der Waals surface area contributed by atoms with Crippen LogP contribution in [0, 0.1) is 11.3 Å². The minimum atomic E-state index is 0.405. The Kier molecular flexibility index (Phi) is 5.00. The summed E-state index contributed by atoms with van der Waals surface area (Å²) in [5.41, 5.74) is 4.76. The van der Waals surface area contributed by atoms with E-state index in [-0.39, 0.29) is 0 Å². The number of hydrazine groups is 1. The van der Waals surface area contributed by atoms with Gasteiger partial charge < -0.3 is 0 Å². The van der Waals surface area contributed by atoms with Crippen molar-refractivity contribution in [3.8, 4) is 0 Å². The second kappa shape index (κ2) is 5.83. The van der Waals surface area contributed by atoms with Gasteiger partial charge in [0, 0.05) is 6.04 Å². The molecule has 0 bridgehead atoms. The molecule has 16 heavy (non-hydrogen) atoms. The molecule has 1 fully saturated rings. The Hall–Kier alpha value is -0.340. The van der Waals surface area contributed by atoms with Gasteiger partial charge in [0.15, 0.2) is 0 Å².